The summed E-state index contributed by atoms with van der Waals surface area (Å²) in [4.78, 5) is 13.4. The van der Waals surface area contributed by atoms with E-state index in [4.69, 9.17) is 0 Å². The number of hydrogen-bond acceptors (Lipinski definition) is 2. The van der Waals surface area contributed by atoms with Crippen molar-refractivity contribution in [3.05, 3.63) is 22.4 Å². The third-order valence-electron chi connectivity index (χ3n) is 4.33. The highest BCUT2D eigenvalue weighted by Gasteiger charge is 2.42. The Morgan fingerprint density at radius 3 is 3.00 bits per heavy atom. The van der Waals surface area contributed by atoms with E-state index in [1.165, 1.54) is 24.1 Å². The molecule has 2 aliphatic rings. The molecule has 17 heavy (non-hydrogen) atoms. The largest absolute Gasteiger partial charge is 0.355 e. The molecule has 2 bridgehead atoms. The summed E-state index contributed by atoms with van der Waals surface area (Å²) in [5.74, 6) is 2.20. The molecule has 2 aliphatic carbocycles. The highest BCUT2D eigenvalue weighted by molar-refractivity contribution is 7.09. The van der Waals surface area contributed by atoms with Crippen LogP contribution in [0.15, 0.2) is 17.5 Å². The number of thiophene rings is 1. The van der Waals surface area contributed by atoms with Gasteiger partial charge in [0.25, 0.3) is 0 Å². The van der Waals surface area contributed by atoms with E-state index in [0.717, 1.165) is 25.3 Å². The number of hydrogen-bond donors (Lipinski definition) is 1. The van der Waals surface area contributed by atoms with Crippen LogP contribution >= 0.6 is 11.3 Å². The number of nitrogens with one attached hydrogen (secondary N) is 1. The van der Waals surface area contributed by atoms with E-state index in [1.807, 2.05) is 0 Å². The van der Waals surface area contributed by atoms with Gasteiger partial charge in [-0.15, -0.1) is 11.3 Å². The number of amides is 1. The van der Waals surface area contributed by atoms with Crippen LogP contribution in [0.1, 0.15) is 30.6 Å². The van der Waals surface area contributed by atoms with Crippen molar-refractivity contribution in [2.45, 2.75) is 32.1 Å². The van der Waals surface area contributed by atoms with Gasteiger partial charge < -0.3 is 5.32 Å². The van der Waals surface area contributed by atoms with Crippen LogP contribution in [0.4, 0.5) is 0 Å². The van der Waals surface area contributed by atoms with Crippen LogP contribution in [0.25, 0.3) is 0 Å². The SMILES string of the molecule is O=C(NCCc1cccs1)[C@@H]1C[C@H]2CC[C@H]1C2. The number of rotatable bonds is 4. The monoisotopic (exact) mass is 249 g/mol. The summed E-state index contributed by atoms with van der Waals surface area (Å²) in [5.41, 5.74) is 0. The first-order chi connectivity index (χ1) is 8.33. The van der Waals surface area contributed by atoms with Gasteiger partial charge in [0.2, 0.25) is 5.91 Å². The molecule has 1 heterocycles. The van der Waals surface area contributed by atoms with E-state index in [0.29, 0.717) is 17.7 Å². The van der Waals surface area contributed by atoms with Gasteiger partial charge in [0, 0.05) is 17.3 Å². The maximum absolute atomic E-state index is 12.1. The highest BCUT2D eigenvalue weighted by Crippen LogP contribution is 2.48. The summed E-state index contributed by atoms with van der Waals surface area (Å²) >= 11 is 1.77. The van der Waals surface area contributed by atoms with Crippen molar-refractivity contribution in [1.82, 2.24) is 5.32 Å². The normalized spacial score (nSPS) is 30.7. The van der Waals surface area contributed by atoms with Crippen LogP contribution in [0, 0.1) is 17.8 Å². The zero-order valence-electron chi connectivity index (χ0n) is 10.0. The Morgan fingerprint density at radius 2 is 2.35 bits per heavy atom. The Labute approximate surface area is 106 Å². The summed E-state index contributed by atoms with van der Waals surface area (Å²) < 4.78 is 0. The molecule has 0 radical (unpaired) electrons. The Balaban J connectivity index is 1.45. The van der Waals surface area contributed by atoms with E-state index in [-0.39, 0.29) is 0 Å². The van der Waals surface area contributed by atoms with Crippen LogP contribution < -0.4 is 5.32 Å². The van der Waals surface area contributed by atoms with Gasteiger partial charge in [0.1, 0.15) is 0 Å². The van der Waals surface area contributed by atoms with Gasteiger partial charge in [0.15, 0.2) is 0 Å². The molecule has 1 amide bonds. The molecule has 3 rings (SSSR count). The Bertz CT molecular complexity index is 387. The van der Waals surface area contributed by atoms with Gasteiger partial charge in [-0.2, -0.15) is 0 Å². The zero-order chi connectivity index (χ0) is 11.7. The van der Waals surface area contributed by atoms with Crippen LogP contribution in [-0.2, 0) is 11.2 Å². The van der Waals surface area contributed by atoms with Crippen molar-refractivity contribution in [1.29, 1.82) is 0 Å². The molecule has 0 aliphatic heterocycles. The maximum Gasteiger partial charge on any atom is 0.223 e. The van der Waals surface area contributed by atoms with E-state index in [9.17, 15) is 4.79 Å². The fourth-order valence-electron chi connectivity index (χ4n) is 3.46. The lowest BCUT2D eigenvalue weighted by atomic mass is 9.88. The van der Waals surface area contributed by atoms with E-state index in [1.54, 1.807) is 11.3 Å². The molecule has 0 unspecified atom stereocenters. The summed E-state index contributed by atoms with van der Waals surface area (Å²) in [6, 6.07) is 4.20. The van der Waals surface area contributed by atoms with Crippen molar-refractivity contribution in [3.8, 4) is 0 Å². The van der Waals surface area contributed by atoms with Gasteiger partial charge in [-0.25, -0.2) is 0 Å². The number of carbonyl (C=O) groups is 1. The minimum atomic E-state index is 0.314. The summed E-state index contributed by atoms with van der Waals surface area (Å²) in [6.07, 6.45) is 6.08. The molecule has 0 saturated heterocycles. The lowest BCUT2D eigenvalue weighted by Crippen LogP contribution is -2.34. The minimum absolute atomic E-state index is 0.314. The van der Waals surface area contributed by atoms with Crippen LogP contribution in [0.5, 0.6) is 0 Å². The van der Waals surface area contributed by atoms with Gasteiger partial charge in [-0.3, -0.25) is 4.79 Å². The Kier molecular flexibility index (Phi) is 3.19. The van der Waals surface area contributed by atoms with Gasteiger partial charge in [-0.05, 0) is 49.0 Å². The highest BCUT2D eigenvalue weighted by atomic mass is 32.1. The van der Waals surface area contributed by atoms with Crippen molar-refractivity contribution in [3.63, 3.8) is 0 Å². The van der Waals surface area contributed by atoms with Crippen molar-refractivity contribution < 1.29 is 4.79 Å². The summed E-state index contributed by atoms with van der Waals surface area (Å²) in [7, 11) is 0. The van der Waals surface area contributed by atoms with Crippen LogP contribution in [0.2, 0.25) is 0 Å². The second-order valence-corrected chi connectivity index (χ2v) is 6.43. The second kappa shape index (κ2) is 4.81. The first-order valence-electron chi connectivity index (χ1n) is 6.63. The summed E-state index contributed by atoms with van der Waals surface area (Å²) in [5, 5.41) is 5.21. The van der Waals surface area contributed by atoms with Crippen LogP contribution in [-0.4, -0.2) is 12.5 Å². The lowest BCUT2D eigenvalue weighted by molar-refractivity contribution is -0.126. The molecule has 3 atom stereocenters. The smallest absolute Gasteiger partial charge is 0.223 e. The predicted octanol–water partition coefficient (Wildman–Crippen LogP) is 2.84. The van der Waals surface area contributed by atoms with E-state index >= 15 is 0 Å². The van der Waals surface area contributed by atoms with Gasteiger partial charge in [0.05, 0.1) is 0 Å². The molecule has 2 nitrogen and oxygen atoms in total. The van der Waals surface area contributed by atoms with Crippen molar-refractivity contribution in [2.24, 2.45) is 17.8 Å². The van der Waals surface area contributed by atoms with Crippen LogP contribution in [0.3, 0.4) is 0 Å². The average Bonchev–Trinajstić information content (AvgIpc) is 3.05. The molecule has 1 aromatic heterocycles. The zero-order valence-corrected chi connectivity index (χ0v) is 10.8. The molecule has 2 saturated carbocycles. The number of carbonyl (C=O) groups excluding carboxylic acids is 1. The molecular formula is C14H19NOS. The number of fused-ring (bicyclic) bond motifs is 2. The molecule has 3 heteroatoms. The first kappa shape index (κ1) is 11.3. The molecule has 1 N–H and O–H groups in total. The van der Waals surface area contributed by atoms with Crippen molar-refractivity contribution in [2.75, 3.05) is 6.54 Å². The standard InChI is InChI=1S/C14H19NOS/c16-14(13-9-10-3-4-11(13)8-10)15-6-5-12-2-1-7-17-12/h1-2,7,10-11,13H,3-6,8-9H2,(H,15,16)/t10-,11-,13+/m0/s1. The first-order valence-corrected chi connectivity index (χ1v) is 7.51. The molecule has 0 spiro atoms. The molecule has 92 valence electrons. The lowest BCUT2D eigenvalue weighted by Gasteiger charge is -2.20. The van der Waals surface area contributed by atoms with Crippen molar-refractivity contribution >= 4 is 17.2 Å². The minimum Gasteiger partial charge on any atom is -0.355 e. The third-order valence-corrected chi connectivity index (χ3v) is 5.26. The van der Waals surface area contributed by atoms with Gasteiger partial charge in [-0.1, -0.05) is 12.5 Å². The molecule has 1 aromatic rings. The molecule has 0 aromatic carbocycles. The van der Waals surface area contributed by atoms with E-state index in [2.05, 4.69) is 22.8 Å². The Hall–Kier alpha value is -0.830. The van der Waals surface area contributed by atoms with E-state index < -0.39 is 0 Å². The summed E-state index contributed by atoms with van der Waals surface area (Å²) in [6.45, 7) is 0.799. The fourth-order valence-corrected chi connectivity index (χ4v) is 4.17. The third kappa shape index (κ3) is 2.39. The predicted molar refractivity (Wildman–Crippen MR) is 70.0 cm³/mol. The quantitative estimate of drug-likeness (QED) is 0.873. The van der Waals surface area contributed by atoms with Gasteiger partial charge >= 0.3 is 0 Å². The molecule has 2 fully saturated rings. The fraction of sp³-hybridized carbons (Fsp3) is 0.643. The molecular weight excluding hydrogens is 230 g/mol. The maximum atomic E-state index is 12.1. The Morgan fingerprint density at radius 1 is 1.41 bits per heavy atom. The average molecular weight is 249 g/mol. The second-order valence-electron chi connectivity index (χ2n) is 5.40. The topological polar surface area (TPSA) is 29.1 Å².